The lowest BCUT2D eigenvalue weighted by Gasteiger charge is -2.19. The van der Waals surface area contributed by atoms with Gasteiger partial charge in [-0.3, -0.25) is 4.79 Å². The summed E-state index contributed by atoms with van der Waals surface area (Å²) in [5, 5.41) is 2.86. The Morgan fingerprint density at radius 1 is 1.31 bits per heavy atom. The SMILES string of the molecule is Cn1ccnc1C(NC(=O)COc1ccc(Br)cc1)c1cccc(F)c1. The second-order valence-corrected chi connectivity index (χ2v) is 6.61. The molecule has 0 fully saturated rings. The molecule has 5 nitrogen and oxygen atoms in total. The van der Waals surface area contributed by atoms with Crippen LogP contribution in [0.1, 0.15) is 17.4 Å². The summed E-state index contributed by atoms with van der Waals surface area (Å²) in [6.45, 7) is -0.155. The van der Waals surface area contributed by atoms with Crippen molar-refractivity contribution >= 4 is 21.8 Å². The molecular formula is C19H17BrFN3O2. The molecule has 26 heavy (non-hydrogen) atoms. The number of nitrogens with one attached hydrogen (secondary N) is 1. The van der Waals surface area contributed by atoms with Gasteiger partial charge in [-0.25, -0.2) is 9.37 Å². The first-order valence-electron chi connectivity index (χ1n) is 7.93. The molecule has 7 heteroatoms. The third-order valence-electron chi connectivity index (χ3n) is 3.79. The van der Waals surface area contributed by atoms with Crippen LogP contribution in [0.25, 0.3) is 0 Å². The highest BCUT2D eigenvalue weighted by Crippen LogP contribution is 2.21. The number of benzene rings is 2. The highest BCUT2D eigenvalue weighted by molar-refractivity contribution is 9.10. The summed E-state index contributed by atoms with van der Waals surface area (Å²) in [4.78, 5) is 16.7. The van der Waals surface area contributed by atoms with Crippen LogP contribution in [0.15, 0.2) is 65.4 Å². The van der Waals surface area contributed by atoms with E-state index in [4.69, 9.17) is 4.74 Å². The highest BCUT2D eigenvalue weighted by atomic mass is 79.9. The van der Waals surface area contributed by atoms with E-state index < -0.39 is 6.04 Å². The number of hydrogen-bond acceptors (Lipinski definition) is 3. The van der Waals surface area contributed by atoms with Gasteiger partial charge in [0.2, 0.25) is 0 Å². The topological polar surface area (TPSA) is 56.2 Å². The molecule has 0 aliphatic carbocycles. The van der Waals surface area contributed by atoms with E-state index in [1.54, 1.807) is 41.2 Å². The van der Waals surface area contributed by atoms with Crippen LogP contribution in [-0.2, 0) is 11.8 Å². The second-order valence-electron chi connectivity index (χ2n) is 5.69. The normalized spacial score (nSPS) is 11.8. The molecule has 3 aromatic rings. The molecule has 2 aromatic carbocycles. The van der Waals surface area contributed by atoms with Crippen LogP contribution in [0, 0.1) is 5.82 Å². The Balaban J connectivity index is 1.74. The molecule has 1 unspecified atom stereocenters. The number of amides is 1. The number of aromatic nitrogens is 2. The molecule has 1 aromatic heterocycles. The van der Waals surface area contributed by atoms with Crippen molar-refractivity contribution in [3.8, 4) is 5.75 Å². The van der Waals surface area contributed by atoms with E-state index in [0.29, 0.717) is 17.1 Å². The van der Waals surface area contributed by atoms with Crippen LogP contribution >= 0.6 is 15.9 Å². The zero-order valence-corrected chi connectivity index (χ0v) is 15.6. The first kappa shape index (κ1) is 18.1. The predicted octanol–water partition coefficient (Wildman–Crippen LogP) is 3.61. The van der Waals surface area contributed by atoms with Crippen LogP contribution in [0.2, 0.25) is 0 Å². The summed E-state index contributed by atoms with van der Waals surface area (Å²) in [6, 6.07) is 12.7. The largest absolute Gasteiger partial charge is 0.484 e. The van der Waals surface area contributed by atoms with E-state index in [9.17, 15) is 9.18 Å². The number of nitrogens with zero attached hydrogens (tertiary/aromatic N) is 2. The standard InChI is InChI=1S/C19H17BrFN3O2/c1-24-10-9-22-19(24)18(13-3-2-4-15(21)11-13)23-17(25)12-26-16-7-5-14(20)6-8-16/h2-11,18H,12H2,1H3,(H,23,25). The van der Waals surface area contributed by atoms with E-state index in [1.807, 2.05) is 19.2 Å². The summed E-state index contributed by atoms with van der Waals surface area (Å²) in [7, 11) is 1.82. The predicted molar refractivity (Wildman–Crippen MR) is 99.2 cm³/mol. The fourth-order valence-electron chi connectivity index (χ4n) is 2.52. The van der Waals surface area contributed by atoms with Gasteiger partial charge in [0, 0.05) is 23.9 Å². The van der Waals surface area contributed by atoms with Gasteiger partial charge in [0.1, 0.15) is 23.4 Å². The molecule has 0 bridgehead atoms. The molecule has 1 N–H and O–H groups in total. The van der Waals surface area contributed by atoms with Gasteiger partial charge < -0.3 is 14.6 Å². The van der Waals surface area contributed by atoms with E-state index in [0.717, 1.165) is 4.47 Å². The molecule has 134 valence electrons. The number of ether oxygens (including phenoxy) is 1. The number of hydrogen-bond donors (Lipinski definition) is 1. The maximum atomic E-state index is 13.6. The summed E-state index contributed by atoms with van der Waals surface area (Å²) in [5.74, 6) is 0.488. The quantitative estimate of drug-likeness (QED) is 0.666. The van der Waals surface area contributed by atoms with Gasteiger partial charge in [-0.1, -0.05) is 28.1 Å². The highest BCUT2D eigenvalue weighted by Gasteiger charge is 2.21. The lowest BCUT2D eigenvalue weighted by molar-refractivity contribution is -0.123. The number of carbonyl (C=O) groups excluding carboxylic acids is 1. The van der Waals surface area contributed by atoms with Gasteiger partial charge in [-0.2, -0.15) is 0 Å². The monoisotopic (exact) mass is 417 g/mol. The van der Waals surface area contributed by atoms with Gasteiger partial charge in [-0.15, -0.1) is 0 Å². The van der Waals surface area contributed by atoms with E-state index in [2.05, 4.69) is 26.2 Å². The third-order valence-corrected chi connectivity index (χ3v) is 4.32. The maximum absolute atomic E-state index is 13.6. The molecule has 0 spiro atoms. The van der Waals surface area contributed by atoms with Crippen molar-refractivity contribution in [2.75, 3.05) is 6.61 Å². The average molecular weight is 418 g/mol. The lowest BCUT2D eigenvalue weighted by atomic mass is 10.1. The molecule has 1 atom stereocenters. The lowest BCUT2D eigenvalue weighted by Crippen LogP contribution is -2.34. The van der Waals surface area contributed by atoms with Crippen LogP contribution < -0.4 is 10.1 Å². The molecule has 1 amide bonds. The smallest absolute Gasteiger partial charge is 0.258 e. The first-order valence-corrected chi connectivity index (χ1v) is 8.72. The molecule has 3 rings (SSSR count). The van der Waals surface area contributed by atoms with Crippen molar-refractivity contribution in [2.24, 2.45) is 7.05 Å². The Kier molecular flexibility index (Phi) is 5.68. The minimum atomic E-state index is -0.577. The second kappa shape index (κ2) is 8.14. The first-order chi connectivity index (χ1) is 12.5. The average Bonchev–Trinajstić information content (AvgIpc) is 3.05. The zero-order valence-electron chi connectivity index (χ0n) is 14.0. The number of carbonyl (C=O) groups is 1. The van der Waals surface area contributed by atoms with Crippen molar-refractivity contribution in [3.63, 3.8) is 0 Å². The fourth-order valence-corrected chi connectivity index (χ4v) is 2.79. The fraction of sp³-hybridized carbons (Fsp3) is 0.158. The van der Waals surface area contributed by atoms with Gasteiger partial charge in [0.25, 0.3) is 5.91 Å². The third kappa shape index (κ3) is 4.49. The number of aryl methyl sites for hydroxylation is 1. The summed E-state index contributed by atoms with van der Waals surface area (Å²) >= 11 is 3.34. The Hall–Kier alpha value is -2.67. The number of imidazole rings is 1. The van der Waals surface area contributed by atoms with Crippen molar-refractivity contribution in [1.82, 2.24) is 14.9 Å². The van der Waals surface area contributed by atoms with Gasteiger partial charge in [0.15, 0.2) is 6.61 Å². The summed E-state index contributed by atoms with van der Waals surface area (Å²) in [5.41, 5.74) is 0.608. The molecule has 0 saturated heterocycles. The molecule has 0 radical (unpaired) electrons. The van der Waals surface area contributed by atoms with Crippen molar-refractivity contribution in [2.45, 2.75) is 6.04 Å². The Morgan fingerprint density at radius 3 is 2.73 bits per heavy atom. The van der Waals surface area contributed by atoms with Gasteiger partial charge in [-0.05, 0) is 42.0 Å². The van der Waals surface area contributed by atoms with E-state index in [-0.39, 0.29) is 18.3 Å². The van der Waals surface area contributed by atoms with Gasteiger partial charge >= 0.3 is 0 Å². The summed E-state index contributed by atoms with van der Waals surface area (Å²) in [6.07, 6.45) is 3.40. The van der Waals surface area contributed by atoms with Crippen LogP contribution in [-0.4, -0.2) is 22.1 Å². The van der Waals surface area contributed by atoms with Gasteiger partial charge in [0.05, 0.1) is 0 Å². The molecule has 0 aliphatic rings. The molecule has 1 heterocycles. The van der Waals surface area contributed by atoms with Crippen LogP contribution in [0.3, 0.4) is 0 Å². The van der Waals surface area contributed by atoms with Crippen molar-refractivity contribution in [3.05, 3.63) is 82.6 Å². The Labute approximate surface area is 159 Å². The van der Waals surface area contributed by atoms with E-state index in [1.165, 1.54) is 12.1 Å². The summed E-state index contributed by atoms with van der Waals surface area (Å²) < 4.78 is 21.8. The Bertz CT molecular complexity index is 896. The van der Waals surface area contributed by atoms with E-state index >= 15 is 0 Å². The maximum Gasteiger partial charge on any atom is 0.258 e. The minimum absolute atomic E-state index is 0.155. The molecule has 0 aliphatic heterocycles. The number of rotatable bonds is 6. The molecular weight excluding hydrogens is 401 g/mol. The van der Waals surface area contributed by atoms with Crippen LogP contribution in [0.4, 0.5) is 4.39 Å². The zero-order chi connectivity index (χ0) is 18.5. The van der Waals surface area contributed by atoms with Crippen LogP contribution in [0.5, 0.6) is 5.75 Å². The van der Waals surface area contributed by atoms with Crippen molar-refractivity contribution < 1.29 is 13.9 Å². The number of halogens is 2. The molecule has 0 saturated carbocycles. The Morgan fingerprint density at radius 2 is 2.08 bits per heavy atom. The van der Waals surface area contributed by atoms with Crippen molar-refractivity contribution in [1.29, 1.82) is 0 Å². The minimum Gasteiger partial charge on any atom is -0.484 e.